The van der Waals surface area contributed by atoms with Gasteiger partial charge in [0.1, 0.15) is 0 Å². The van der Waals surface area contributed by atoms with Gasteiger partial charge >= 0.3 is 0 Å². The highest BCUT2D eigenvalue weighted by Crippen LogP contribution is 2.18. The molecule has 0 amide bonds. The predicted octanol–water partition coefficient (Wildman–Crippen LogP) is 1.48. The standard InChI is InChI=1S/C13H24N4/c1-3-16(4-2)7-8-17-10-13(15-11-17)9-14-12-5-6-12/h10-12,14H,3-9H2,1-2H3. The lowest BCUT2D eigenvalue weighted by Gasteiger charge is -2.17. The van der Waals surface area contributed by atoms with E-state index in [1.807, 2.05) is 6.33 Å². The van der Waals surface area contributed by atoms with E-state index < -0.39 is 0 Å². The minimum absolute atomic E-state index is 0.760. The van der Waals surface area contributed by atoms with E-state index in [1.54, 1.807) is 0 Å². The average Bonchev–Trinajstić information content (AvgIpc) is 3.07. The molecule has 4 heteroatoms. The van der Waals surface area contributed by atoms with Crippen LogP contribution in [0.4, 0.5) is 0 Å². The number of nitrogens with zero attached hydrogens (tertiary/aromatic N) is 3. The molecule has 0 saturated heterocycles. The number of imidazole rings is 1. The van der Waals surface area contributed by atoms with Crippen molar-refractivity contribution in [2.45, 2.75) is 45.8 Å². The number of nitrogens with one attached hydrogen (secondary N) is 1. The Labute approximate surface area is 104 Å². The van der Waals surface area contributed by atoms with Crippen molar-refractivity contribution in [1.29, 1.82) is 0 Å². The summed E-state index contributed by atoms with van der Waals surface area (Å²) in [6.07, 6.45) is 6.79. The summed E-state index contributed by atoms with van der Waals surface area (Å²) >= 11 is 0. The third kappa shape index (κ3) is 4.13. The Morgan fingerprint density at radius 2 is 2.18 bits per heavy atom. The predicted molar refractivity (Wildman–Crippen MR) is 69.9 cm³/mol. The summed E-state index contributed by atoms with van der Waals surface area (Å²) < 4.78 is 2.20. The van der Waals surface area contributed by atoms with Crippen LogP contribution in [-0.4, -0.2) is 40.1 Å². The topological polar surface area (TPSA) is 33.1 Å². The number of aromatic nitrogens is 2. The van der Waals surface area contributed by atoms with Gasteiger partial charge in [0.2, 0.25) is 0 Å². The first-order chi connectivity index (χ1) is 8.31. The van der Waals surface area contributed by atoms with Crippen LogP contribution < -0.4 is 5.32 Å². The summed E-state index contributed by atoms with van der Waals surface area (Å²) in [5.74, 6) is 0. The lowest BCUT2D eigenvalue weighted by Crippen LogP contribution is -2.26. The van der Waals surface area contributed by atoms with Crippen LogP contribution in [0.3, 0.4) is 0 Å². The van der Waals surface area contributed by atoms with Gasteiger partial charge in [-0.3, -0.25) is 0 Å². The van der Waals surface area contributed by atoms with Crippen molar-refractivity contribution >= 4 is 0 Å². The maximum Gasteiger partial charge on any atom is 0.0950 e. The van der Waals surface area contributed by atoms with Crippen molar-refractivity contribution in [2.75, 3.05) is 19.6 Å². The van der Waals surface area contributed by atoms with Gasteiger partial charge in [0.05, 0.1) is 12.0 Å². The molecular weight excluding hydrogens is 212 g/mol. The van der Waals surface area contributed by atoms with E-state index in [1.165, 1.54) is 12.8 Å². The van der Waals surface area contributed by atoms with Crippen LogP contribution in [-0.2, 0) is 13.1 Å². The molecule has 2 rings (SSSR count). The van der Waals surface area contributed by atoms with Crippen LogP contribution in [0, 0.1) is 0 Å². The highest BCUT2D eigenvalue weighted by atomic mass is 15.1. The van der Waals surface area contributed by atoms with Crippen molar-refractivity contribution in [1.82, 2.24) is 19.8 Å². The fourth-order valence-electron chi connectivity index (χ4n) is 1.95. The van der Waals surface area contributed by atoms with Gasteiger partial charge in [-0.05, 0) is 25.9 Å². The Bertz CT molecular complexity index is 326. The summed E-state index contributed by atoms with van der Waals surface area (Å²) in [6.45, 7) is 9.74. The van der Waals surface area contributed by atoms with E-state index in [2.05, 4.69) is 39.8 Å². The van der Waals surface area contributed by atoms with Crippen LogP contribution in [0.5, 0.6) is 0 Å². The van der Waals surface area contributed by atoms with Gasteiger partial charge in [-0.1, -0.05) is 13.8 Å². The molecule has 1 fully saturated rings. The Morgan fingerprint density at radius 1 is 1.41 bits per heavy atom. The molecule has 0 spiro atoms. The molecule has 1 aromatic heterocycles. The van der Waals surface area contributed by atoms with Crippen molar-refractivity contribution < 1.29 is 0 Å². The SMILES string of the molecule is CCN(CC)CCn1cnc(CNC2CC2)c1. The molecule has 1 N–H and O–H groups in total. The summed E-state index contributed by atoms with van der Waals surface area (Å²) in [4.78, 5) is 6.86. The molecule has 0 aliphatic heterocycles. The molecule has 1 saturated carbocycles. The van der Waals surface area contributed by atoms with Crippen molar-refractivity contribution in [2.24, 2.45) is 0 Å². The molecule has 0 unspecified atom stereocenters. The van der Waals surface area contributed by atoms with E-state index in [0.29, 0.717) is 0 Å². The molecule has 0 aromatic carbocycles. The lowest BCUT2D eigenvalue weighted by molar-refractivity contribution is 0.290. The van der Waals surface area contributed by atoms with Gasteiger partial charge in [0, 0.05) is 31.9 Å². The lowest BCUT2D eigenvalue weighted by atomic mass is 10.4. The Balaban J connectivity index is 1.72. The minimum atomic E-state index is 0.760. The molecule has 1 aliphatic rings. The van der Waals surface area contributed by atoms with Crippen LogP contribution >= 0.6 is 0 Å². The monoisotopic (exact) mass is 236 g/mol. The fourth-order valence-corrected chi connectivity index (χ4v) is 1.95. The molecule has 1 heterocycles. The second-order valence-corrected chi connectivity index (χ2v) is 4.78. The normalized spacial score (nSPS) is 15.7. The second-order valence-electron chi connectivity index (χ2n) is 4.78. The third-order valence-electron chi connectivity index (χ3n) is 3.40. The molecular formula is C13H24N4. The van der Waals surface area contributed by atoms with E-state index in [4.69, 9.17) is 0 Å². The molecule has 1 aromatic rings. The van der Waals surface area contributed by atoms with Crippen molar-refractivity contribution in [3.63, 3.8) is 0 Å². The zero-order valence-electron chi connectivity index (χ0n) is 11.0. The van der Waals surface area contributed by atoms with Gasteiger partial charge in [0.15, 0.2) is 0 Å². The van der Waals surface area contributed by atoms with E-state index >= 15 is 0 Å². The zero-order valence-corrected chi connectivity index (χ0v) is 11.0. The van der Waals surface area contributed by atoms with Crippen LogP contribution in [0.15, 0.2) is 12.5 Å². The van der Waals surface area contributed by atoms with Gasteiger partial charge in [-0.25, -0.2) is 4.98 Å². The Kier molecular flexibility index (Phi) is 4.57. The third-order valence-corrected chi connectivity index (χ3v) is 3.40. The van der Waals surface area contributed by atoms with Crippen LogP contribution in [0.1, 0.15) is 32.4 Å². The second kappa shape index (κ2) is 6.17. The van der Waals surface area contributed by atoms with E-state index in [-0.39, 0.29) is 0 Å². The van der Waals surface area contributed by atoms with Crippen molar-refractivity contribution in [3.8, 4) is 0 Å². The van der Waals surface area contributed by atoms with Gasteiger partial charge in [0.25, 0.3) is 0 Å². The molecule has 1 aliphatic carbocycles. The molecule has 0 bridgehead atoms. The first-order valence-corrected chi connectivity index (χ1v) is 6.78. The molecule has 0 radical (unpaired) electrons. The fraction of sp³-hybridized carbons (Fsp3) is 0.769. The number of hydrogen-bond acceptors (Lipinski definition) is 3. The minimum Gasteiger partial charge on any atom is -0.336 e. The maximum atomic E-state index is 4.43. The summed E-state index contributed by atoms with van der Waals surface area (Å²) in [7, 11) is 0. The summed E-state index contributed by atoms with van der Waals surface area (Å²) in [6, 6.07) is 0.760. The first-order valence-electron chi connectivity index (χ1n) is 6.78. The van der Waals surface area contributed by atoms with Crippen molar-refractivity contribution in [3.05, 3.63) is 18.2 Å². The molecule has 0 atom stereocenters. The zero-order chi connectivity index (χ0) is 12.1. The van der Waals surface area contributed by atoms with Gasteiger partial charge in [-0.2, -0.15) is 0 Å². The average molecular weight is 236 g/mol. The highest BCUT2D eigenvalue weighted by molar-refractivity contribution is 4.97. The largest absolute Gasteiger partial charge is 0.336 e. The number of likely N-dealkylation sites (N-methyl/N-ethyl adjacent to an activating group) is 1. The van der Waals surface area contributed by atoms with Gasteiger partial charge in [-0.15, -0.1) is 0 Å². The molecule has 4 nitrogen and oxygen atoms in total. The van der Waals surface area contributed by atoms with Crippen LogP contribution in [0.25, 0.3) is 0 Å². The van der Waals surface area contributed by atoms with Crippen LogP contribution in [0.2, 0.25) is 0 Å². The van der Waals surface area contributed by atoms with E-state index in [9.17, 15) is 0 Å². The van der Waals surface area contributed by atoms with E-state index in [0.717, 1.165) is 44.5 Å². The summed E-state index contributed by atoms with van der Waals surface area (Å²) in [5.41, 5.74) is 1.16. The summed E-state index contributed by atoms with van der Waals surface area (Å²) in [5, 5.41) is 3.49. The quantitative estimate of drug-likeness (QED) is 0.742. The highest BCUT2D eigenvalue weighted by Gasteiger charge is 2.20. The number of rotatable bonds is 8. The molecule has 17 heavy (non-hydrogen) atoms. The Morgan fingerprint density at radius 3 is 2.82 bits per heavy atom. The smallest absolute Gasteiger partial charge is 0.0950 e. The first kappa shape index (κ1) is 12.6. The Hall–Kier alpha value is -0.870. The van der Waals surface area contributed by atoms with Gasteiger partial charge < -0.3 is 14.8 Å². The maximum absolute atomic E-state index is 4.43. The number of hydrogen-bond donors (Lipinski definition) is 1. The molecule has 96 valence electrons.